The Labute approximate surface area is 56.7 Å². The summed E-state index contributed by atoms with van der Waals surface area (Å²) in [5.74, 6) is 0. The largest absolute Gasteiger partial charge is 2.00 e. The summed E-state index contributed by atoms with van der Waals surface area (Å²) in [5.41, 5.74) is 0. The molecule has 0 aliphatic rings. The second kappa shape index (κ2) is 3.04. The third-order valence-corrected chi connectivity index (χ3v) is 0. The Balaban J connectivity index is 0. The van der Waals surface area contributed by atoms with E-state index in [0.717, 1.165) is 0 Å². The van der Waals surface area contributed by atoms with Crippen LogP contribution in [0.4, 0.5) is 0 Å². The molecule has 0 saturated carbocycles. The molecule has 0 rings (SSSR count). The number of rotatable bonds is 0. The fourth-order valence-electron chi connectivity index (χ4n) is 0. The van der Waals surface area contributed by atoms with Crippen molar-refractivity contribution in [3.05, 3.63) is 0 Å². The first-order chi connectivity index (χ1) is 2.00. The van der Waals surface area contributed by atoms with Gasteiger partial charge in [-0.25, -0.2) is 0 Å². The molecule has 6 heteroatoms. The Kier molecular flexibility index (Phi) is 5.10. The summed E-state index contributed by atoms with van der Waals surface area (Å²) < 4.78 is 34.4. The van der Waals surface area contributed by atoms with Gasteiger partial charge in [-0.3, -0.25) is 0 Å². The first kappa shape index (κ1) is 10.1. The first-order valence-electron chi connectivity index (χ1n) is 0.667. The van der Waals surface area contributed by atoms with Crippen molar-refractivity contribution in [2.75, 3.05) is 0 Å². The molecular weight excluding hydrogens is 323 g/mol. The fourth-order valence-corrected chi connectivity index (χ4v) is 0. The maximum atomic E-state index is 8.59. The van der Waals surface area contributed by atoms with Gasteiger partial charge in [-0.05, 0) is 0 Å². The van der Waals surface area contributed by atoms with Crippen molar-refractivity contribution >= 4 is 27.3 Å². The van der Waals surface area contributed by atoms with E-state index < -0.39 is 13.6 Å². The molecule has 2 radical (unpaired) electrons. The maximum absolute atomic E-state index is 8.59. The molecule has 0 unspecified atom stereocenters. The van der Waals surface area contributed by atoms with E-state index in [1.807, 2.05) is 0 Å². The van der Waals surface area contributed by atoms with E-state index in [0.29, 0.717) is 0 Å². The molecule has 0 N–H and O–H groups in total. The topological polar surface area (TPSA) is 80.3 Å². The average Bonchev–Trinajstić information content (AvgIpc) is 0.722. The van der Waals surface area contributed by atoms with Crippen LogP contribution < -0.4 is 8.32 Å². The molecule has 0 aliphatic heterocycles. The summed E-state index contributed by atoms with van der Waals surface area (Å²) >= 11 is -5.75. The van der Waals surface area contributed by atoms with Gasteiger partial charge in [-0.1, -0.05) is 0 Å². The molecule has 0 aromatic heterocycles. The van der Waals surface area contributed by atoms with Crippen LogP contribution in [0.3, 0.4) is 0 Å². The molecule has 4 nitrogen and oxygen atoms in total. The molecule has 0 spiro atoms. The Bertz CT molecular complexity index is 90.7. The molecule has 0 atom stereocenters. The minimum atomic E-state index is -5.75. The summed E-state index contributed by atoms with van der Waals surface area (Å²) in [7, 11) is 0. The average molecular weight is 323 g/mol. The van der Waals surface area contributed by atoms with Crippen molar-refractivity contribution in [1.29, 1.82) is 0 Å². The van der Waals surface area contributed by atoms with Crippen LogP contribution in [0.1, 0.15) is 0 Å². The third kappa shape index (κ3) is 82.7. The maximum Gasteiger partial charge on any atom is 2.00 e. The molecule has 0 aliphatic carbocycles. The summed E-state index contributed by atoms with van der Waals surface area (Å²) in [5, 5.41) is 0. The van der Waals surface area contributed by atoms with Gasteiger partial charge in [0.15, 0.2) is 0 Å². The van der Waals surface area contributed by atoms with Crippen LogP contribution in [-0.2, 0) is 21.2 Å². The Morgan fingerprint density at radius 2 is 1.17 bits per heavy atom. The molecule has 34 valence electrons. The zero-order valence-electron chi connectivity index (χ0n) is 2.54. The molecule has 0 amide bonds. The summed E-state index contributed by atoms with van der Waals surface area (Å²) in [6.45, 7) is 0. The van der Waals surface area contributed by atoms with Gasteiger partial charge in [-0.2, -0.15) is 0 Å². The molecule has 0 fully saturated rings. The minimum absolute atomic E-state index is 0. The predicted octanol–water partition coefficient (Wildman–Crippen LogP) is -3.00. The standard InChI is InChI=1S/Cr.4O.Pb/q;;;2*-1;+2. The van der Waals surface area contributed by atoms with Crippen LogP contribution in [0.5, 0.6) is 0 Å². The summed E-state index contributed by atoms with van der Waals surface area (Å²) in [4.78, 5) is 0. The minimum Gasteiger partial charge on any atom is 2.00 e. The number of hydrogen-bond acceptors (Lipinski definition) is 4. The smallest absolute Gasteiger partial charge is 2.00 e. The van der Waals surface area contributed by atoms with Crippen LogP contribution in [0.2, 0.25) is 0 Å². The Hall–Kier alpha value is 0.975. The van der Waals surface area contributed by atoms with Crippen molar-refractivity contribution in [3.8, 4) is 0 Å². The van der Waals surface area contributed by atoms with E-state index in [1.54, 1.807) is 0 Å². The van der Waals surface area contributed by atoms with Crippen LogP contribution in [0.25, 0.3) is 0 Å². The van der Waals surface area contributed by atoms with Crippen LogP contribution in [0, 0.1) is 0 Å². The quantitative estimate of drug-likeness (QED) is 0.445. The SMILES string of the molecule is [O]=[Cr](=[O])([O-])[O-].[Pb+2]. The molecular formula is CrO4Pb. The van der Waals surface area contributed by atoms with Crippen molar-refractivity contribution in [2.45, 2.75) is 0 Å². The van der Waals surface area contributed by atoms with E-state index in [1.165, 1.54) is 0 Å². The Morgan fingerprint density at radius 1 is 1.17 bits per heavy atom. The van der Waals surface area contributed by atoms with E-state index in [9.17, 15) is 0 Å². The molecule has 0 bridgehead atoms. The molecule has 6 heavy (non-hydrogen) atoms. The van der Waals surface area contributed by atoms with E-state index >= 15 is 0 Å². The normalized spacial score (nSPS) is 9.67. The van der Waals surface area contributed by atoms with Gasteiger partial charge < -0.3 is 0 Å². The predicted molar refractivity (Wildman–Crippen MR) is 7.13 cm³/mol. The zero-order valence-corrected chi connectivity index (χ0v) is 7.70. The van der Waals surface area contributed by atoms with E-state index in [2.05, 4.69) is 0 Å². The van der Waals surface area contributed by atoms with Crippen molar-refractivity contribution in [3.63, 3.8) is 0 Å². The first-order valence-corrected chi connectivity index (χ1v) is 2.75. The number of hydrogen-bond donors (Lipinski definition) is 0. The summed E-state index contributed by atoms with van der Waals surface area (Å²) in [6, 6.07) is 0. The second-order valence-corrected chi connectivity index (χ2v) is 1.68. The van der Waals surface area contributed by atoms with E-state index in [4.69, 9.17) is 15.9 Å². The van der Waals surface area contributed by atoms with Gasteiger partial charge in [0.1, 0.15) is 0 Å². The fraction of sp³-hybridized carbons (Fsp3) is 0. The molecule has 0 aromatic carbocycles. The van der Waals surface area contributed by atoms with Crippen LogP contribution >= 0.6 is 0 Å². The van der Waals surface area contributed by atoms with Crippen molar-refractivity contribution in [2.24, 2.45) is 0 Å². The van der Waals surface area contributed by atoms with Gasteiger partial charge in [0.25, 0.3) is 0 Å². The second-order valence-electron chi connectivity index (χ2n) is 0.408. The van der Waals surface area contributed by atoms with Crippen molar-refractivity contribution in [1.82, 2.24) is 0 Å². The molecule has 0 saturated heterocycles. The summed E-state index contributed by atoms with van der Waals surface area (Å²) in [6.07, 6.45) is 0. The van der Waals surface area contributed by atoms with Gasteiger partial charge in [0.2, 0.25) is 0 Å². The van der Waals surface area contributed by atoms with Crippen molar-refractivity contribution < 1.29 is 29.5 Å². The van der Waals surface area contributed by atoms with Gasteiger partial charge in [-0.15, -0.1) is 0 Å². The van der Waals surface area contributed by atoms with Gasteiger partial charge >= 0.3 is 56.8 Å². The van der Waals surface area contributed by atoms with Crippen LogP contribution in [0.15, 0.2) is 0 Å². The Morgan fingerprint density at radius 3 is 1.17 bits per heavy atom. The van der Waals surface area contributed by atoms with Gasteiger partial charge in [0.05, 0.1) is 0 Å². The zero-order chi connectivity index (χ0) is 4.50. The third-order valence-electron chi connectivity index (χ3n) is 0. The molecule has 0 heterocycles. The monoisotopic (exact) mass is 324 g/mol. The van der Waals surface area contributed by atoms with E-state index in [-0.39, 0.29) is 27.3 Å². The van der Waals surface area contributed by atoms with Crippen LogP contribution in [-0.4, -0.2) is 27.3 Å². The van der Waals surface area contributed by atoms with Gasteiger partial charge in [0, 0.05) is 0 Å². The molecule has 0 aromatic rings.